The van der Waals surface area contributed by atoms with Crippen LogP contribution in [0.5, 0.6) is 5.75 Å². The van der Waals surface area contributed by atoms with E-state index in [4.69, 9.17) is 4.74 Å². The van der Waals surface area contributed by atoms with Gasteiger partial charge in [0.25, 0.3) is 5.91 Å². The number of rotatable bonds is 4. The van der Waals surface area contributed by atoms with Crippen LogP contribution in [0.1, 0.15) is 30.1 Å². The highest BCUT2D eigenvalue weighted by atomic mass is 32.2. The Morgan fingerprint density at radius 2 is 1.88 bits per heavy atom. The Balaban J connectivity index is 1.78. The van der Waals surface area contributed by atoms with E-state index in [9.17, 15) is 19.0 Å². The molecule has 1 unspecified atom stereocenters. The highest BCUT2D eigenvalue weighted by Gasteiger charge is 2.35. The summed E-state index contributed by atoms with van der Waals surface area (Å²) in [5.74, 6) is -2.62. The van der Waals surface area contributed by atoms with Gasteiger partial charge in [0.2, 0.25) is 0 Å². The minimum Gasteiger partial charge on any atom is -0.598 e. The van der Waals surface area contributed by atoms with Crippen LogP contribution < -0.4 is 9.64 Å². The monoisotopic (exact) mass is 491 g/mol. The molecule has 0 spiro atoms. The third-order valence-corrected chi connectivity index (χ3v) is 7.85. The first-order valence-electron chi connectivity index (χ1n) is 11.1. The fourth-order valence-electron chi connectivity index (χ4n) is 4.57. The van der Waals surface area contributed by atoms with Gasteiger partial charge in [-0.1, -0.05) is 0 Å². The maximum Gasteiger partial charge on any atom is 0.257 e. The summed E-state index contributed by atoms with van der Waals surface area (Å²) in [5, 5.41) is 9.69. The van der Waals surface area contributed by atoms with Crippen LogP contribution in [0, 0.1) is 28.4 Å². The molecule has 11 heteroatoms. The largest absolute Gasteiger partial charge is 0.598 e. The van der Waals surface area contributed by atoms with Crippen molar-refractivity contribution in [2.75, 3.05) is 57.5 Å². The predicted molar refractivity (Wildman–Crippen MR) is 125 cm³/mol. The Kier molecular flexibility index (Phi) is 6.85. The molecule has 1 aromatic heterocycles. The summed E-state index contributed by atoms with van der Waals surface area (Å²) in [5.41, 5.74) is 0.0969. The number of nitrogens with zero attached hydrogens (tertiary/aromatic N) is 5. The number of methoxy groups -OCH3 is 1. The van der Waals surface area contributed by atoms with Crippen molar-refractivity contribution >= 4 is 33.9 Å². The summed E-state index contributed by atoms with van der Waals surface area (Å²) in [6.45, 7) is 4.51. The second kappa shape index (κ2) is 9.52. The van der Waals surface area contributed by atoms with Gasteiger partial charge in [0.1, 0.15) is 11.8 Å². The van der Waals surface area contributed by atoms with Gasteiger partial charge < -0.3 is 19.1 Å². The highest BCUT2D eigenvalue weighted by Crippen LogP contribution is 2.40. The zero-order valence-corrected chi connectivity index (χ0v) is 20.3. The molecule has 1 atom stereocenters. The third kappa shape index (κ3) is 4.37. The number of fused-ring (bicyclic) bond motifs is 1. The molecule has 2 fully saturated rings. The van der Waals surface area contributed by atoms with Crippen molar-refractivity contribution in [3.8, 4) is 11.8 Å². The van der Waals surface area contributed by atoms with Crippen molar-refractivity contribution < 1.29 is 22.9 Å². The molecule has 0 N–H and O–H groups in total. The first-order chi connectivity index (χ1) is 16.2. The van der Waals surface area contributed by atoms with Crippen molar-refractivity contribution in [3.63, 3.8) is 0 Å². The van der Waals surface area contributed by atoms with Gasteiger partial charge >= 0.3 is 0 Å². The molecule has 0 radical (unpaired) electrons. The summed E-state index contributed by atoms with van der Waals surface area (Å²) < 4.78 is 48.2. The maximum absolute atomic E-state index is 15.0. The van der Waals surface area contributed by atoms with Crippen LogP contribution in [0.15, 0.2) is 12.3 Å². The Morgan fingerprint density at radius 1 is 1.24 bits per heavy atom. The number of carbonyl (C=O) groups is 1. The second-order valence-electron chi connectivity index (χ2n) is 8.93. The zero-order chi connectivity index (χ0) is 24.6. The first kappa shape index (κ1) is 24.4. The van der Waals surface area contributed by atoms with Crippen LogP contribution in [-0.2, 0) is 11.4 Å². The van der Waals surface area contributed by atoms with E-state index in [1.54, 1.807) is 15.5 Å². The molecule has 2 aliphatic rings. The molecule has 34 heavy (non-hydrogen) atoms. The minimum absolute atomic E-state index is 0.0791. The number of benzene rings is 1. The van der Waals surface area contributed by atoms with Crippen LogP contribution in [0.4, 0.5) is 14.5 Å². The van der Waals surface area contributed by atoms with Crippen molar-refractivity contribution in [1.29, 1.82) is 5.26 Å². The number of aromatic nitrogens is 1. The summed E-state index contributed by atoms with van der Waals surface area (Å²) in [7, 11) is 1.18. The molecule has 2 aliphatic heterocycles. The van der Waals surface area contributed by atoms with Gasteiger partial charge in [-0.25, -0.2) is 8.78 Å². The Hall–Kier alpha value is -2.68. The van der Waals surface area contributed by atoms with Gasteiger partial charge in [0.15, 0.2) is 17.4 Å². The average Bonchev–Trinajstić information content (AvgIpc) is 2.84. The fourth-order valence-corrected chi connectivity index (χ4v) is 5.25. The number of amides is 1. The normalized spacial score (nSPS) is 19.7. The van der Waals surface area contributed by atoms with Crippen LogP contribution in [0.25, 0.3) is 10.9 Å². The lowest BCUT2D eigenvalue weighted by molar-refractivity contribution is 0.0698. The summed E-state index contributed by atoms with van der Waals surface area (Å²) >= 11 is -1.12. The SMILES string of the molecule is COc1c(F)cc2c(N3CCC(C)(C#N)CC3)c(C(=O)N3CCN([S+](C)[O-])CC3)cnc2c1F. The van der Waals surface area contributed by atoms with E-state index in [0.717, 1.165) is 6.07 Å². The number of halogens is 2. The van der Waals surface area contributed by atoms with E-state index in [1.165, 1.54) is 13.3 Å². The zero-order valence-electron chi connectivity index (χ0n) is 19.4. The Morgan fingerprint density at radius 3 is 2.44 bits per heavy atom. The average molecular weight is 492 g/mol. The third-order valence-electron chi connectivity index (χ3n) is 6.76. The van der Waals surface area contributed by atoms with Crippen LogP contribution in [0.3, 0.4) is 0 Å². The number of piperidine rings is 1. The van der Waals surface area contributed by atoms with E-state index in [2.05, 4.69) is 11.1 Å². The quantitative estimate of drug-likeness (QED) is 0.607. The number of nitriles is 1. The van der Waals surface area contributed by atoms with Gasteiger partial charge in [-0.15, -0.1) is 4.31 Å². The van der Waals surface area contributed by atoms with Crippen molar-refractivity contribution in [2.24, 2.45) is 5.41 Å². The molecule has 2 aromatic rings. The number of hydrogen-bond acceptors (Lipinski definition) is 7. The van der Waals surface area contributed by atoms with Crippen molar-refractivity contribution in [3.05, 3.63) is 29.5 Å². The molecule has 8 nitrogen and oxygen atoms in total. The van der Waals surface area contributed by atoms with E-state index >= 15 is 4.39 Å². The number of pyridine rings is 1. The minimum atomic E-state index is -1.12. The van der Waals surface area contributed by atoms with Gasteiger partial charge in [0.05, 0.1) is 42.9 Å². The molecule has 3 heterocycles. The molecule has 1 aromatic carbocycles. The van der Waals surface area contributed by atoms with E-state index in [1.807, 2.05) is 11.8 Å². The van der Waals surface area contributed by atoms with E-state index < -0.39 is 34.2 Å². The summed E-state index contributed by atoms with van der Waals surface area (Å²) in [4.78, 5) is 21.3. The lowest BCUT2D eigenvalue weighted by Crippen LogP contribution is -2.50. The topological polar surface area (TPSA) is 95.8 Å². The van der Waals surface area contributed by atoms with Gasteiger partial charge in [-0.2, -0.15) is 5.26 Å². The smallest absolute Gasteiger partial charge is 0.257 e. The summed E-state index contributed by atoms with van der Waals surface area (Å²) in [6, 6.07) is 3.50. The predicted octanol–water partition coefficient (Wildman–Crippen LogP) is 2.70. The molecular formula is C23H27F2N5O3S. The Labute approximate surface area is 200 Å². The standard InChI is InChI=1S/C23H27F2N5O3S/c1-23(14-26)4-6-28(7-5-23)20-15-12-17(24)21(33-2)18(25)19(15)27-13-16(20)22(31)29-8-10-30(11-9-29)34(3)32/h12-13H,4-11H2,1-3H3. The van der Waals surface area contributed by atoms with E-state index in [-0.39, 0.29) is 22.4 Å². The van der Waals surface area contributed by atoms with E-state index in [0.29, 0.717) is 57.8 Å². The Bertz CT molecular complexity index is 1140. The molecule has 0 saturated carbocycles. The van der Waals surface area contributed by atoms with Crippen LogP contribution >= 0.6 is 0 Å². The number of anilines is 1. The number of piperazine rings is 1. The molecular weight excluding hydrogens is 464 g/mol. The van der Waals surface area contributed by atoms with Crippen molar-refractivity contribution in [1.82, 2.24) is 14.2 Å². The summed E-state index contributed by atoms with van der Waals surface area (Å²) in [6.07, 6.45) is 4.06. The second-order valence-corrected chi connectivity index (χ2v) is 10.3. The first-order valence-corrected chi connectivity index (χ1v) is 12.6. The van der Waals surface area contributed by atoms with Crippen molar-refractivity contribution in [2.45, 2.75) is 19.8 Å². The molecule has 182 valence electrons. The molecule has 0 aliphatic carbocycles. The molecule has 2 saturated heterocycles. The highest BCUT2D eigenvalue weighted by molar-refractivity contribution is 7.88. The molecule has 0 bridgehead atoms. The lowest BCUT2D eigenvalue weighted by atomic mass is 9.81. The maximum atomic E-state index is 15.0. The van der Waals surface area contributed by atoms with Gasteiger partial charge in [-0.05, 0) is 25.8 Å². The van der Waals surface area contributed by atoms with Gasteiger partial charge in [0, 0.05) is 49.1 Å². The number of carbonyl (C=O) groups excluding carboxylic acids is 1. The lowest BCUT2D eigenvalue weighted by Gasteiger charge is -2.38. The van der Waals surface area contributed by atoms with Gasteiger partial charge in [-0.3, -0.25) is 9.78 Å². The molecule has 4 rings (SSSR count). The number of hydrogen-bond donors (Lipinski definition) is 0. The molecule has 1 amide bonds. The fraction of sp³-hybridized carbons (Fsp3) is 0.522. The number of ether oxygens (including phenoxy) is 1. The van der Waals surface area contributed by atoms with Crippen LogP contribution in [-0.4, -0.2) is 77.3 Å². The van der Waals surface area contributed by atoms with Crippen LogP contribution in [0.2, 0.25) is 0 Å².